The minimum atomic E-state index is -0.301. The van der Waals surface area contributed by atoms with Crippen molar-refractivity contribution in [2.45, 2.75) is 0 Å². The highest BCUT2D eigenvalue weighted by molar-refractivity contribution is 9.10. The summed E-state index contributed by atoms with van der Waals surface area (Å²) in [4.78, 5) is 12.0. The summed E-state index contributed by atoms with van der Waals surface area (Å²) in [6.07, 6.45) is 1.66. The van der Waals surface area contributed by atoms with Crippen molar-refractivity contribution in [3.8, 4) is 17.6 Å². The van der Waals surface area contributed by atoms with Crippen LogP contribution in [0.3, 0.4) is 0 Å². The van der Waals surface area contributed by atoms with Gasteiger partial charge in [0.05, 0.1) is 16.5 Å². The lowest BCUT2D eigenvalue weighted by atomic mass is 10.2. The van der Waals surface area contributed by atoms with E-state index in [0.717, 1.165) is 17.3 Å². The second-order valence-corrected chi connectivity index (χ2v) is 5.78. The molecular weight excluding hydrogens is 358 g/mol. The first-order valence-corrected chi connectivity index (χ1v) is 7.33. The van der Waals surface area contributed by atoms with Gasteiger partial charge in [0, 0.05) is 0 Å². The van der Waals surface area contributed by atoms with E-state index >= 15 is 0 Å². The molecule has 0 bridgehead atoms. The number of carbonyl (C=O) groups excluding carboxylic acids is 1. The zero-order chi connectivity index (χ0) is 15.4. The molecule has 2 rings (SSSR count). The van der Waals surface area contributed by atoms with Crippen LogP contribution in [0.15, 0.2) is 21.5 Å². The molecule has 1 aromatic rings. The van der Waals surface area contributed by atoms with Crippen LogP contribution in [0.4, 0.5) is 0 Å². The largest absolute Gasteiger partial charge is 0.493 e. The number of carbonyl (C=O) groups is 1. The first-order valence-electron chi connectivity index (χ1n) is 5.72. The quantitative estimate of drug-likeness (QED) is 0.797. The van der Waals surface area contributed by atoms with E-state index in [0.29, 0.717) is 20.9 Å². The molecule has 1 amide bonds. The highest BCUT2D eigenvalue weighted by Gasteiger charge is 2.22. The normalized spacial score (nSPS) is 15.8. The number of hydrogen-bond acceptors (Lipinski definition) is 6. The lowest BCUT2D eigenvalue weighted by Crippen LogP contribution is -2.18. The topological polar surface area (TPSA) is 95.2 Å². The molecule has 0 aromatic heterocycles. The van der Waals surface area contributed by atoms with Crippen LogP contribution in [0.2, 0.25) is 0 Å². The van der Waals surface area contributed by atoms with E-state index in [1.165, 1.54) is 7.11 Å². The van der Waals surface area contributed by atoms with Gasteiger partial charge in [0.15, 0.2) is 23.3 Å². The minimum absolute atomic E-state index is 0.0924. The number of ether oxygens (including phenoxy) is 2. The number of amidine groups is 1. The van der Waals surface area contributed by atoms with Crippen molar-refractivity contribution in [2.24, 2.45) is 0 Å². The number of amides is 1. The van der Waals surface area contributed by atoms with Crippen LogP contribution < -0.4 is 14.8 Å². The molecule has 1 aromatic carbocycles. The molecule has 1 aliphatic heterocycles. The molecule has 0 saturated carbocycles. The smallest absolute Gasteiger partial charge is 0.264 e. The Hall–Kier alpha value is -1.98. The molecular formula is C13H10BrN3O3S. The van der Waals surface area contributed by atoms with Gasteiger partial charge in [0.25, 0.3) is 5.91 Å². The van der Waals surface area contributed by atoms with Crippen LogP contribution >= 0.6 is 27.7 Å². The van der Waals surface area contributed by atoms with Crippen molar-refractivity contribution in [3.05, 3.63) is 27.1 Å². The van der Waals surface area contributed by atoms with Gasteiger partial charge in [-0.25, -0.2) is 0 Å². The van der Waals surface area contributed by atoms with Crippen LogP contribution in [0, 0.1) is 16.7 Å². The Balaban J connectivity index is 2.37. The first-order chi connectivity index (χ1) is 10.0. The molecule has 0 spiro atoms. The molecule has 0 unspecified atom stereocenters. The van der Waals surface area contributed by atoms with Gasteiger partial charge in [-0.05, 0) is 51.5 Å². The fourth-order valence-electron chi connectivity index (χ4n) is 1.66. The van der Waals surface area contributed by atoms with Gasteiger partial charge in [-0.15, -0.1) is 0 Å². The van der Waals surface area contributed by atoms with E-state index in [4.69, 9.17) is 20.1 Å². The SMILES string of the molecule is COc1cc(C=C2SC(=N)NC2=O)cc(Br)c1OCC#N. The number of nitriles is 1. The Morgan fingerprint density at radius 2 is 2.33 bits per heavy atom. The third-order valence-electron chi connectivity index (χ3n) is 2.49. The van der Waals surface area contributed by atoms with Gasteiger partial charge in [0.2, 0.25) is 0 Å². The zero-order valence-corrected chi connectivity index (χ0v) is 13.3. The number of hydrogen-bond donors (Lipinski definition) is 2. The summed E-state index contributed by atoms with van der Waals surface area (Å²) in [5.74, 6) is 0.576. The maximum Gasteiger partial charge on any atom is 0.264 e. The molecule has 1 saturated heterocycles. The van der Waals surface area contributed by atoms with Gasteiger partial charge in [-0.3, -0.25) is 10.2 Å². The Labute approximate surface area is 133 Å². The predicted molar refractivity (Wildman–Crippen MR) is 83.2 cm³/mol. The van der Waals surface area contributed by atoms with Crippen molar-refractivity contribution in [1.82, 2.24) is 5.32 Å². The Morgan fingerprint density at radius 3 is 2.90 bits per heavy atom. The molecule has 6 nitrogen and oxygen atoms in total. The third-order valence-corrected chi connectivity index (χ3v) is 3.91. The fourth-order valence-corrected chi connectivity index (χ4v) is 2.94. The molecule has 1 aliphatic rings. The lowest BCUT2D eigenvalue weighted by molar-refractivity contribution is -0.115. The molecule has 1 heterocycles. The van der Waals surface area contributed by atoms with Gasteiger partial charge in [0.1, 0.15) is 6.07 Å². The maximum absolute atomic E-state index is 11.6. The number of nitrogens with zero attached hydrogens (tertiary/aromatic N) is 1. The monoisotopic (exact) mass is 367 g/mol. The summed E-state index contributed by atoms with van der Waals surface area (Å²) in [5.41, 5.74) is 0.718. The van der Waals surface area contributed by atoms with Gasteiger partial charge < -0.3 is 14.8 Å². The highest BCUT2D eigenvalue weighted by atomic mass is 79.9. The van der Waals surface area contributed by atoms with Gasteiger partial charge in [-0.2, -0.15) is 5.26 Å². The van der Waals surface area contributed by atoms with Crippen LogP contribution in [0.5, 0.6) is 11.5 Å². The van der Waals surface area contributed by atoms with Gasteiger partial charge in [-0.1, -0.05) is 0 Å². The number of rotatable bonds is 4. The Morgan fingerprint density at radius 1 is 1.57 bits per heavy atom. The summed E-state index contributed by atoms with van der Waals surface area (Å²) in [7, 11) is 1.49. The van der Waals surface area contributed by atoms with E-state index in [-0.39, 0.29) is 17.7 Å². The van der Waals surface area contributed by atoms with Crippen molar-refractivity contribution in [2.75, 3.05) is 13.7 Å². The number of halogens is 1. The van der Waals surface area contributed by atoms with E-state index in [1.807, 2.05) is 6.07 Å². The average molecular weight is 368 g/mol. The minimum Gasteiger partial charge on any atom is -0.493 e. The molecule has 0 atom stereocenters. The van der Waals surface area contributed by atoms with Crippen LogP contribution in [-0.4, -0.2) is 24.8 Å². The van der Waals surface area contributed by atoms with Crippen molar-refractivity contribution >= 4 is 44.8 Å². The summed E-state index contributed by atoms with van der Waals surface area (Å²) < 4.78 is 11.1. The number of nitrogens with one attached hydrogen (secondary N) is 2. The van der Waals surface area contributed by atoms with Crippen LogP contribution in [-0.2, 0) is 4.79 Å². The van der Waals surface area contributed by atoms with E-state index in [9.17, 15) is 4.79 Å². The summed E-state index contributed by atoms with van der Waals surface area (Å²) in [6, 6.07) is 5.33. The van der Waals surface area contributed by atoms with Crippen molar-refractivity contribution in [3.63, 3.8) is 0 Å². The van der Waals surface area contributed by atoms with E-state index in [1.54, 1.807) is 18.2 Å². The number of thioether (sulfide) groups is 1. The van der Waals surface area contributed by atoms with Crippen molar-refractivity contribution < 1.29 is 14.3 Å². The molecule has 1 fully saturated rings. The molecule has 0 radical (unpaired) electrons. The standard InChI is InChI=1S/C13H10BrN3O3S/c1-19-9-5-7(4-8(14)11(9)20-3-2-15)6-10-12(18)17-13(16)21-10/h4-6H,3H2,1H3,(H2,16,17,18). The molecule has 108 valence electrons. The van der Waals surface area contributed by atoms with Crippen LogP contribution in [0.1, 0.15) is 5.56 Å². The Bertz CT molecular complexity index is 682. The van der Waals surface area contributed by atoms with E-state index < -0.39 is 0 Å². The Kier molecular flexibility index (Phi) is 4.88. The molecule has 2 N–H and O–H groups in total. The summed E-state index contributed by atoms with van der Waals surface area (Å²) >= 11 is 4.41. The summed E-state index contributed by atoms with van der Waals surface area (Å²) in [5, 5.41) is 18.5. The molecule has 8 heteroatoms. The zero-order valence-electron chi connectivity index (χ0n) is 10.9. The number of methoxy groups -OCH3 is 1. The highest BCUT2D eigenvalue weighted by Crippen LogP contribution is 2.38. The third kappa shape index (κ3) is 3.56. The predicted octanol–water partition coefficient (Wildman–Crippen LogP) is 2.50. The first kappa shape index (κ1) is 15.4. The lowest BCUT2D eigenvalue weighted by Gasteiger charge is -2.11. The second kappa shape index (κ2) is 6.65. The second-order valence-electron chi connectivity index (χ2n) is 3.87. The molecule has 0 aliphatic carbocycles. The van der Waals surface area contributed by atoms with Crippen LogP contribution in [0.25, 0.3) is 6.08 Å². The maximum atomic E-state index is 11.6. The average Bonchev–Trinajstić information content (AvgIpc) is 2.75. The number of benzene rings is 1. The van der Waals surface area contributed by atoms with Crippen molar-refractivity contribution in [1.29, 1.82) is 10.7 Å². The summed E-state index contributed by atoms with van der Waals surface area (Å²) in [6.45, 7) is -0.0924. The van der Waals surface area contributed by atoms with Gasteiger partial charge >= 0.3 is 0 Å². The molecule has 21 heavy (non-hydrogen) atoms. The fraction of sp³-hybridized carbons (Fsp3) is 0.154. The van der Waals surface area contributed by atoms with E-state index in [2.05, 4.69) is 21.2 Å².